The van der Waals surface area contributed by atoms with Crippen LogP contribution in [0.3, 0.4) is 0 Å². The van der Waals surface area contributed by atoms with E-state index in [-0.39, 0.29) is 24.2 Å². The number of halogens is 1. The molecular weight excluding hydrogens is 362 g/mol. The van der Waals surface area contributed by atoms with Crippen LogP contribution in [-0.4, -0.2) is 50.0 Å². The Morgan fingerprint density at radius 1 is 1.19 bits per heavy atom. The summed E-state index contributed by atoms with van der Waals surface area (Å²) in [6.07, 6.45) is 9.97. The lowest BCUT2D eigenvalue weighted by molar-refractivity contribution is -0.884. The first-order valence-corrected chi connectivity index (χ1v) is 8.69. The minimum atomic E-state index is -0.390. The van der Waals surface area contributed by atoms with Crippen molar-refractivity contribution in [2.75, 3.05) is 33.8 Å². The third kappa shape index (κ3) is 7.37. The molecule has 144 valence electrons. The summed E-state index contributed by atoms with van der Waals surface area (Å²) in [7, 11) is 4.18. The average molecular weight is 388 g/mol. The Bertz CT molecular complexity index is 761. The third-order valence-corrected chi connectivity index (χ3v) is 4.29. The van der Waals surface area contributed by atoms with Crippen LogP contribution >= 0.6 is 0 Å². The standard InChI is InChI=1S/C22H26NO3.ClH/c1-4-21(24)26-17-16-23(2,3)15-14-18-10-12-20(13-11-18)22(25)19-8-6-5-7-9-19;/h4-10,12-14H,1,11,15-17H2,2-3H3;1H/q+1;/p-1. The molecule has 0 spiro atoms. The Balaban J connectivity index is 0.00000364. The lowest BCUT2D eigenvalue weighted by Gasteiger charge is -2.28. The fourth-order valence-corrected chi connectivity index (χ4v) is 2.54. The molecule has 0 aliphatic heterocycles. The maximum absolute atomic E-state index is 12.4. The molecule has 4 nitrogen and oxygen atoms in total. The van der Waals surface area contributed by atoms with Crippen molar-refractivity contribution in [2.45, 2.75) is 6.42 Å². The van der Waals surface area contributed by atoms with Gasteiger partial charge in [0, 0.05) is 17.2 Å². The number of benzene rings is 1. The number of nitrogens with zero attached hydrogens (tertiary/aromatic N) is 1. The van der Waals surface area contributed by atoms with Gasteiger partial charge in [-0.15, -0.1) is 0 Å². The summed E-state index contributed by atoms with van der Waals surface area (Å²) in [6, 6.07) is 9.32. The molecule has 5 heteroatoms. The van der Waals surface area contributed by atoms with Crippen LogP contribution in [0, 0.1) is 0 Å². The Morgan fingerprint density at radius 3 is 2.48 bits per heavy atom. The Hall–Kier alpha value is -2.43. The minimum absolute atomic E-state index is 0. The number of esters is 1. The van der Waals surface area contributed by atoms with Crippen molar-refractivity contribution in [3.63, 3.8) is 0 Å². The number of ether oxygens (including phenoxy) is 1. The molecule has 0 saturated heterocycles. The van der Waals surface area contributed by atoms with Crippen LogP contribution in [0.1, 0.15) is 16.8 Å². The van der Waals surface area contributed by atoms with Gasteiger partial charge in [-0.2, -0.15) is 0 Å². The molecule has 0 amide bonds. The average Bonchev–Trinajstić information content (AvgIpc) is 2.66. The third-order valence-electron chi connectivity index (χ3n) is 4.29. The van der Waals surface area contributed by atoms with Crippen molar-refractivity contribution < 1.29 is 31.2 Å². The highest BCUT2D eigenvalue weighted by Crippen LogP contribution is 2.19. The molecule has 0 N–H and O–H groups in total. The maximum Gasteiger partial charge on any atom is 0.330 e. The predicted octanol–water partition coefficient (Wildman–Crippen LogP) is 0.492. The first-order chi connectivity index (χ1) is 12.4. The first kappa shape index (κ1) is 22.6. The summed E-state index contributed by atoms with van der Waals surface area (Å²) in [5, 5.41) is 0. The van der Waals surface area contributed by atoms with E-state index in [1.54, 1.807) is 0 Å². The molecule has 0 aromatic heterocycles. The van der Waals surface area contributed by atoms with Gasteiger partial charge in [-0.1, -0.05) is 55.1 Å². The summed E-state index contributed by atoms with van der Waals surface area (Å²) >= 11 is 0. The van der Waals surface area contributed by atoms with Crippen molar-refractivity contribution in [2.24, 2.45) is 0 Å². The topological polar surface area (TPSA) is 43.4 Å². The highest BCUT2D eigenvalue weighted by molar-refractivity contribution is 6.10. The quantitative estimate of drug-likeness (QED) is 0.282. The fourth-order valence-electron chi connectivity index (χ4n) is 2.54. The van der Waals surface area contributed by atoms with Crippen molar-refractivity contribution in [3.05, 3.63) is 84.0 Å². The molecule has 0 heterocycles. The van der Waals surface area contributed by atoms with E-state index in [9.17, 15) is 9.59 Å². The van der Waals surface area contributed by atoms with Crippen LogP contribution in [0.25, 0.3) is 0 Å². The lowest BCUT2D eigenvalue weighted by Crippen LogP contribution is -3.00. The van der Waals surface area contributed by atoms with Gasteiger partial charge in [-0.3, -0.25) is 4.79 Å². The van der Waals surface area contributed by atoms with E-state index in [2.05, 4.69) is 26.8 Å². The SMILES string of the molecule is C=CC(=O)OCC[N+](C)(C)CC=C1C=CC(C(=O)c2ccccc2)=CC1.[Cl-]. The van der Waals surface area contributed by atoms with Crippen molar-refractivity contribution in [1.29, 1.82) is 0 Å². The molecule has 1 aliphatic carbocycles. The monoisotopic (exact) mass is 387 g/mol. The first-order valence-electron chi connectivity index (χ1n) is 8.69. The van der Waals surface area contributed by atoms with Gasteiger partial charge in [0.2, 0.25) is 0 Å². The molecule has 1 aromatic rings. The molecular formula is C22H26ClNO3. The fraction of sp³-hybridized carbons (Fsp3) is 0.273. The second-order valence-corrected chi connectivity index (χ2v) is 6.88. The summed E-state index contributed by atoms with van der Waals surface area (Å²) in [4.78, 5) is 23.5. The normalized spacial score (nSPS) is 14.9. The van der Waals surface area contributed by atoms with E-state index in [1.165, 1.54) is 11.6 Å². The van der Waals surface area contributed by atoms with Crippen LogP contribution in [-0.2, 0) is 9.53 Å². The van der Waals surface area contributed by atoms with Gasteiger partial charge in [0.05, 0.1) is 20.6 Å². The largest absolute Gasteiger partial charge is 1.00 e. The number of likely N-dealkylation sites (N-methyl/N-ethyl adjacent to an activating group) is 1. The Kier molecular flexibility index (Phi) is 8.92. The van der Waals surface area contributed by atoms with E-state index >= 15 is 0 Å². The molecule has 0 fully saturated rings. The van der Waals surface area contributed by atoms with E-state index in [1.807, 2.05) is 48.6 Å². The molecule has 0 radical (unpaired) electrons. The molecule has 2 rings (SSSR count). The summed E-state index contributed by atoms with van der Waals surface area (Å²) in [5.74, 6) is -0.333. The summed E-state index contributed by atoms with van der Waals surface area (Å²) < 4.78 is 5.76. The number of carbonyl (C=O) groups is 2. The number of carbonyl (C=O) groups excluding carboxylic acids is 2. The summed E-state index contributed by atoms with van der Waals surface area (Å²) in [6.45, 7) is 5.30. The molecule has 1 aromatic carbocycles. The van der Waals surface area contributed by atoms with Gasteiger partial charge in [-0.25, -0.2) is 4.79 Å². The molecule has 0 saturated carbocycles. The molecule has 0 atom stereocenters. The molecule has 1 aliphatic rings. The van der Waals surface area contributed by atoms with Crippen LogP contribution < -0.4 is 12.4 Å². The molecule has 0 unspecified atom stereocenters. The van der Waals surface area contributed by atoms with E-state index in [0.717, 1.165) is 25.1 Å². The van der Waals surface area contributed by atoms with Crippen LogP contribution in [0.2, 0.25) is 0 Å². The highest BCUT2D eigenvalue weighted by atomic mass is 35.5. The van der Waals surface area contributed by atoms with Crippen molar-refractivity contribution in [1.82, 2.24) is 0 Å². The number of Topliss-reactive ketones (excluding diaryl/α,β-unsaturated/α-hetero) is 1. The minimum Gasteiger partial charge on any atom is -1.00 e. The van der Waals surface area contributed by atoms with Gasteiger partial charge < -0.3 is 21.6 Å². The second kappa shape index (κ2) is 10.7. The van der Waals surface area contributed by atoms with Crippen LogP contribution in [0.4, 0.5) is 0 Å². The number of hydrogen-bond donors (Lipinski definition) is 0. The number of ketones is 1. The van der Waals surface area contributed by atoms with Crippen molar-refractivity contribution >= 4 is 11.8 Å². The molecule has 0 bridgehead atoms. The zero-order chi connectivity index (χ0) is 19.0. The van der Waals surface area contributed by atoms with Gasteiger partial charge in [0.25, 0.3) is 0 Å². The smallest absolute Gasteiger partial charge is 0.330 e. The number of rotatable bonds is 8. The number of hydrogen-bond acceptors (Lipinski definition) is 3. The second-order valence-electron chi connectivity index (χ2n) is 6.88. The maximum atomic E-state index is 12.4. The summed E-state index contributed by atoms with van der Waals surface area (Å²) in [5.41, 5.74) is 2.63. The number of allylic oxidation sites excluding steroid dienone is 5. The van der Waals surface area contributed by atoms with Crippen LogP contribution in [0.15, 0.2) is 78.4 Å². The van der Waals surface area contributed by atoms with Gasteiger partial charge in [0.15, 0.2) is 5.78 Å². The Morgan fingerprint density at radius 2 is 1.89 bits per heavy atom. The van der Waals surface area contributed by atoms with E-state index in [4.69, 9.17) is 4.74 Å². The number of quaternary nitrogens is 1. The zero-order valence-corrected chi connectivity index (χ0v) is 16.6. The Labute approximate surface area is 167 Å². The zero-order valence-electron chi connectivity index (χ0n) is 15.9. The van der Waals surface area contributed by atoms with Crippen LogP contribution in [0.5, 0.6) is 0 Å². The van der Waals surface area contributed by atoms with E-state index in [0.29, 0.717) is 16.7 Å². The predicted molar refractivity (Wildman–Crippen MR) is 104 cm³/mol. The van der Waals surface area contributed by atoms with E-state index < -0.39 is 0 Å². The highest BCUT2D eigenvalue weighted by Gasteiger charge is 2.16. The van der Waals surface area contributed by atoms with Gasteiger partial charge in [-0.05, 0) is 18.1 Å². The molecule has 27 heavy (non-hydrogen) atoms. The van der Waals surface area contributed by atoms with Gasteiger partial charge in [0.1, 0.15) is 13.2 Å². The lowest BCUT2D eigenvalue weighted by atomic mass is 9.96. The van der Waals surface area contributed by atoms with Gasteiger partial charge >= 0.3 is 5.97 Å². The van der Waals surface area contributed by atoms with Crippen molar-refractivity contribution in [3.8, 4) is 0 Å².